The summed E-state index contributed by atoms with van der Waals surface area (Å²) in [6.07, 6.45) is 0. The van der Waals surface area contributed by atoms with Gasteiger partial charge in [0, 0.05) is 5.69 Å². The van der Waals surface area contributed by atoms with Crippen molar-refractivity contribution in [2.75, 3.05) is 12.4 Å². The van der Waals surface area contributed by atoms with Crippen LogP contribution < -0.4 is 5.32 Å². The van der Waals surface area contributed by atoms with Crippen molar-refractivity contribution in [3.05, 3.63) is 65.5 Å². The molecular weight excluding hydrogens is 273 g/mol. The first-order valence-corrected chi connectivity index (χ1v) is 6.43. The zero-order chi connectivity index (χ0) is 15.2. The fraction of sp³-hybridized carbons (Fsp3) is 0.188. The Morgan fingerprint density at radius 2 is 1.81 bits per heavy atom. The van der Waals surface area contributed by atoms with E-state index in [4.69, 9.17) is 9.84 Å². The highest BCUT2D eigenvalue weighted by Gasteiger charge is 2.21. The van der Waals surface area contributed by atoms with Crippen molar-refractivity contribution in [2.24, 2.45) is 0 Å². The number of carbonyl (C=O) groups is 1. The molecule has 2 aromatic rings. The monoisotopic (exact) mass is 289 g/mol. The number of esters is 1. The normalized spacial score (nSPS) is 11.8. The Hall–Kier alpha value is -2.40. The fourth-order valence-corrected chi connectivity index (χ4v) is 1.92. The number of halogens is 1. The summed E-state index contributed by atoms with van der Waals surface area (Å²) in [5.41, 5.74) is 2.08. The van der Waals surface area contributed by atoms with Crippen molar-refractivity contribution in [1.29, 1.82) is 0 Å². The lowest BCUT2D eigenvalue weighted by atomic mass is 10.1. The topological polar surface area (TPSA) is 58.6 Å². The van der Waals surface area contributed by atoms with E-state index in [9.17, 15) is 9.18 Å². The zero-order valence-electron chi connectivity index (χ0n) is 11.5. The highest BCUT2D eigenvalue weighted by atomic mass is 19.1. The van der Waals surface area contributed by atoms with E-state index in [0.29, 0.717) is 11.3 Å². The second kappa shape index (κ2) is 6.85. The number of aliphatic hydroxyl groups excluding tert-OH is 1. The number of benzene rings is 2. The van der Waals surface area contributed by atoms with Crippen LogP contribution in [0.2, 0.25) is 0 Å². The molecule has 0 saturated heterocycles. The number of nitrogens with one attached hydrogen (secondary N) is 1. The minimum absolute atomic E-state index is 0.0430. The number of carbonyl (C=O) groups excluding carboxylic acids is 1. The number of aliphatic hydroxyl groups is 1. The highest BCUT2D eigenvalue weighted by molar-refractivity contribution is 5.81. The van der Waals surface area contributed by atoms with E-state index in [1.807, 2.05) is 0 Å². The molecule has 2 aromatic carbocycles. The molecule has 0 fully saturated rings. The quantitative estimate of drug-likeness (QED) is 0.831. The van der Waals surface area contributed by atoms with Crippen molar-refractivity contribution in [3.8, 4) is 0 Å². The molecule has 21 heavy (non-hydrogen) atoms. The summed E-state index contributed by atoms with van der Waals surface area (Å²) < 4.78 is 17.8. The van der Waals surface area contributed by atoms with Crippen molar-refractivity contribution >= 4 is 11.7 Å². The van der Waals surface area contributed by atoms with Crippen molar-refractivity contribution < 1.29 is 19.0 Å². The molecule has 0 heterocycles. The van der Waals surface area contributed by atoms with Crippen LogP contribution >= 0.6 is 0 Å². The van der Waals surface area contributed by atoms with Crippen LogP contribution in [0.4, 0.5) is 10.1 Å². The maximum Gasteiger partial charge on any atom is 0.332 e. The van der Waals surface area contributed by atoms with Crippen LogP contribution in [0.15, 0.2) is 48.5 Å². The molecule has 0 aliphatic rings. The van der Waals surface area contributed by atoms with Crippen LogP contribution in [0.5, 0.6) is 0 Å². The third-order valence-corrected chi connectivity index (χ3v) is 3.09. The van der Waals surface area contributed by atoms with Gasteiger partial charge in [0.1, 0.15) is 5.82 Å². The number of rotatable bonds is 5. The lowest BCUT2D eigenvalue weighted by Gasteiger charge is -2.18. The molecule has 1 unspecified atom stereocenters. The summed E-state index contributed by atoms with van der Waals surface area (Å²) in [5.74, 6) is -0.831. The van der Waals surface area contributed by atoms with E-state index in [1.54, 1.807) is 24.3 Å². The van der Waals surface area contributed by atoms with E-state index in [1.165, 1.54) is 31.4 Å². The van der Waals surface area contributed by atoms with E-state index >= 15 is 0 Å². The Balaban J connectivity index is 2.23. The maximum atomic E-state index is 13.0. The predicted molar refractivity (Wildman–Crippen MR) is 77.1 cm³/mol. The van der Waals surface area contributed by atoms with Gasteiger partial charge in [0.25, 0.3) is 0 Å². The molecule has 0 spiro atoms. The number of hydrogen-bond donors (Lipinski definition) is 2. The molecule has 0 amide bonds. The van der Waals surface area contributed by atoms with E-state index in [0.717, 1.165) is 5.56 Å². The Bertz CT molecular complexity index is 596. The first-order chi connectivity index (χ1) is 10.1. The van der Waals surface area contributed by atoms with Gasteiger partial charge in [-0.3, -0.25) is 0 Å². The third-order valence-electron chi connectivity index (χ3n) is 3.09. The zero-order valence-corrected chi connectivity index (χ0v) is 11.5. The smallest absolute Gasteiger partial charge is 0.332 e. The minimum atomic E-state index is -0.726. The Kier molecular flexibility index (Phi) is 4.90. The molecule has 0 aliphatic carbocycles. The highest BCUT2D eigenvalue weighted by Crippen LogP contribution is 2.21. The molecule has 5 heteroatoms. The minimum Gasteiger partial charge on any atom is -0.467 e. The summed E-state index contributed by atoms with van der Waals surface area (Å²) in [5, 5.41) is 12.0. The van der Waals surface area contributed by atoms with Crippen LogP contribution in [0.25, 0.3) is 0 Å². The summed E-state index contributed by atoms with van der Waals surface area (Å²) in [4.78, 5) is 11.9. The first kappa shape index (κ1) is 15.0. The van der Waals surface area contributed by atoms with Crippen LogP contribution in [0, 0.1) is 5.82 Å². The lowest BCUT2D eigenvalue weighted by Crippen LogP contribution is -2.22. The van der Waals surface area contributed by atoms with Crippen LogP contribution in [0.1, 0.15) is 17.2 Å². The van der Waals surface area contributed by atoms with Crippen LogP contribution in [-0.2, 0) is 16.1 Å². The second-order valence-electron chi connectivity index (χ2n) is 4.51. The first-order valence-electron chi connectivity index (χ1n) is 6.43. The molecule has 110 valence electrons. The average Bonchev–Trinajstić information content (AvgIpc) is 2.53. The summed E-state index contributed by atoms with van der Waals surface area (Å²) >= 11 is 0. The van der Waals surface area contributed by atoms with Gasteiger partial charge in [-0.2, -0.15) is 0 Å². The summed E-state index contributed by atoms with van der Waals surface area (Å²) in [6.45, 7) is -0.0430. The van der Waals surface area contributed by atoms with E-state index in [2.05, 4.69) is 5.32 Å². The Labute approximate surface area is 122 Å². The summed E-state index contributed by atoms with van der Waals surface area (Å²) in [6, 6.07) is 11.9. The van der Waals surface area contributed by atoms with Gasteiger partial charge in [-0.1, -0.05) is 24.3 Å². The standard InChI is InChI=1S/C16H16FNO3/c1-21-16(20)15(12-4-6-13(17)7-5-12)18-14-8-2-11(10-19)3-9-14/h2-9,15,18-19H,10H2,1H3. The molecule has 0 aromatic heterocycles. The molecule has 2 rings (SSSR count). The Morgan fingerprint density at radius 1 is 1.19 bits per heavy atom. The number of hydrogen-bond acceptors (Lipinski definition) is 4. The van der Waals surface area contributed by atoms with E-state index < -0.39 is 12.0 Å². The van der Waals surface area contributed by atoms with Gasteiger partial charge in [0.05, 0.1) is 13.7 Å². The number of ether oxygens (including phenoxy) is 1. The molecule has 4 nitrogen and oxygen atoms in total. The van der Waals surface area contributed by atoms with Gasteiger partial charge >= 0.3 is 5.97 Å². The van der Waals surface area contributed by atoms with Crippen LogP contribution in [0.3, 0.4) is 0 Å². The molecule has 0 saturated carbocycles. The lowest BCUT2D eigenvalue weighted by molar-refractivity contribution is -0.141. The molecule has 2 N–H and O–H groups in total. The average molecular weight is 289 g/mol. The molecular formula is C16H16FNO3. The van der Waals surface area contributed by atoms with Gasteiger partial charge in [-0.25, -0.2) is 9.18 Å². The largest absolute Gasteiger partial charge is 0.467 e. The summed E-state index contributed by atoms with van der Waals surface area (Å²) in [7, 11) is 1.30. The van der Waals surface area contributed by atoms with Gasteiger partial charge in [0.15, 0.2) is 6.04 Å². The van der Waals surface area contributed by atoms with Gasteiger partial charge in [-0.05, 0) is 35.4 Å². The number of anilines is 1. The van der Waals surface area contributed by atoms with E-state index in [-0.39, 0.29) is 12.4 Å². The van der Waals surface area contributed by atoms with Crippen LogP contribution in [-0.4, -0.2) is 18.2 Å². The van der Waals surface area contributed by atoms with Crippen molar-refractivity contribution in [1.82, 2.24) is 0 Å². The van der Waals surface area contributed by atoms with Gasteiger partial charge in [0.2, 0.25) is 0 Å². The maximum absolute atomic E-state index is 13.0. The molecule has 0 aliphatic heterocycles. The second-order valence-corrected chi connectivity index (χ2v) is 4.51. The molecule has 0 radical (unpaired) electrons. The fourth-order valence-electron chi connectivity index (χ4n) is 1.92. The SMILES string of the molecule is COC(=O)C(Nc1ccc(CO)cc1)c1ccc(F)cc1. The van der Waals surface area contributed by atoms with Gasteiger partial charge < -0.3 is 15.2 Å². The molecule has 1 atom stereocenters. The third kappa shape index (κ3) is 3.79. The van der Waals surface area contributed by atoms with Crippen molar-refractivity contribution in [2.45, 2.75) is 12.6 Å². The van der Waals surface area contributed by atoms with Crippen molar-refractivity contribution in [3.63, 3.8) is 0 Å². The molecule has 0 bridgehead atoms. The number of methoxy groups -OCH3 is 1. The van der Waals surface area contributed by atoms with Gasteiger partial charge in [-0.15, -0.1) is 0 Å². The Morgan fingerprint density at radius 3 is 2.33 bits per heavy atom. The predicted octanol–water partition coefficient (Wildman–Crippen LogP) is 2.64.